The Morgan fingerprint density at radius 3 is 0.709 bits per heavy atom. The summed E-state index contributed by atoms with van der Waals surface area (Å²) in [5.41, 5.74) is 7.93. The molecule has 0 amide bonds. The van der Waals surface area contributed by atoms with Gasteiger partial charge in [0.15, 0.2) is 7.22 Å². The normalized spacial score (nSPS) is 19.8. The molecule has 0 unspecified atom stereocenters. The van der Waals surface area contributed by atoms with Gasteiger partial charge in [0, 0.05) is 0 Å². The fourth-order valence-electron chi connectivity index (χ4n) is 16.5. The topological polar surface area (TPSA) is 0 Å². The summed E-state index contributed by atoms with van der Waals surface area (Å²) in [4.78, 5) is 0. The lowest BCUT2D eigenvalue weighted by molar-refractivity contribution is -0.00381. The largest absolute Gasteiger partial charge is 0.189 e. The molecule has 0 N–H and O–H groups in total. The minimum atomic E-state index is -1.56. The quantitative estimate of drug-likeness (QED) is 0.102. The van der Waals surface area contributed by atoms with E-state index >= 15 is 0 Å². The molecule has 0 spiro atoms. The average Bonchev–Trinajstić information content (AvgIpc) is 1.78. The molecule has 5 aromatic rings. The molecule has 0 heterocycles. The Morgan fingerprint density at radius 2 is 0.505 bits per heavy atom. The molecule has 0 bridgehead atoms. The van der Waals surface area contributed by atoms with Crippen molar-refractivity contribution in [3.63, 3.8) is 0 Å². The van der Waals surface area contributed by atoms with Crippen LogP contribution in [0.25, 0.3) is 0 Å². The highest BCUT2D eigenvalue weighted by molar-refractivity contribution is 8.31. The molecule has 0 aliphatic heterocycles. The third-order valence-corrected chi connectivity index (χ3v) is 58.4. The van der Waals surface area contributed by atoms with Gasteiger partial charge in [-0.25, -0.2) is 0 Å². The number of benzene rings is 5. The smallest absolute Gasteiger partial charge is 0.174 e. The van der Waals surface area contributed by atoms with Gasteiger partial charge in [-0.3, -0.25) is 0 Å². The van der Waals surface area contributed by atoms with Gasteiger partial charge in [0.05, 0.1) is 16.1 Å². The van der Waals surface area contributed by atoms with Gasteiger partial charge in [0.2, 0.25) is 0 Å². The molecular formula is C93H164S4Si6. The summed E-state index contributed by atoms with van der Waals surface area (Å²) < 4.78 is 0. The second-order valence-corrected chi connectivity index (χ2v) is 85.1. The SMILES string of the molecule is CC(C)(c1ccccc1)[Si](C)(C)C.CC1(C2(C)CCCC2)CCCC1.CC1(C2(C)CCCC2)CCCCC1.CC1(C2(C)CCCCC2)CCCCC1.CS[Si](C)(C)C.CS[Si](C)(C)C.CS[Si](C)(C)c1ccccc1.CS[Si](C)(c1ccccc1)c1ccccc1.C[C@@H](c1ccccc1)[Si](C)(C)C. The van der Waals surface area contributed by atoms with E-state index in [4.69, 9.17) is 0 Å². The maximum Gasteiger partial charge on any atom is 0.174 e. The molecule has 1 atom stereocenters. The van der Waals surface area contributed by atoms with Gasteiger partial charge in [-0.05, 0) is 172 Å². The van der Waals surface area contributed by atoms with Crippen LogP contribution in [0.3, 0.4) is 0 Å². The summed E-state index contributed by atoms with van der Waals surface area (Å²) in [5, 5.41) is 4.89. The van der Waals surface area contributed by atoms with Crippen LogP contribution in [0.15, 0.2) is 152 Å². The predicted molar refractivity (Wildman–Crippen MR) is 502 cm³/mol. The first-order valence-electron chi connectivity index (χ1n) is 41.4. The summed E-state index contributed by atoms with van der Waals surface area (Å²) in [6, 6.07) is 54.3. The molecule has 103 heavy (non-hydrogen) atoms. The van der Waals surface area contributed by atoms with Crippen LogP contribution in [0.1, 0.15) is 252 Å². The predicted octanol–water partition coefficient (Wildman–Crippen LogP) is 30.7. The first kappa shape index (κ1) is 96.0. The molecule has 0 saturated heterocycles. The second kappa shape index (κ2) is 44.1. The Hall–Kier alpha value is -1.20. The lowest BCUT2D eigenvalue weighted by Gasteiger charge is -2.51. The van der Waals surface area contributed by atoms with Gasteiger partial charge in [-0.1, -0.05) is 408 Å². The van der Waals surface area contributed by atoms with Crippen LogP contribution in [-0.4, -0.2) is 70.1 Å². The zero-order chi connectivity index (χ0) is 77.6. The summed E-state index contributed by atoms with van der Waals surface area (Å²) >= 11 is 8.08. The van der Waals surface area contributed by atoms with Crippen LogP contribution in [0.2, 0.25) is 98.2 Å². The Balaban J connectivity index is 0.000000305. The maximum atomic E-state index is 2.58. The third-order valence-electron chi connectivity index (χ3n) is 27.6. The lowest BCUT2D eigenvalue weighted by Crippen LogP contribution is -2.52. The first-order valence-corrected chi connectivity index (χ1v) is 68.8. The van der Waals surface area contributed by atoms with Crippen molar-refractivity contribution in [3.05, 3.63) is 163 Å². The molecule has 5 aromatic carbocycles. The van der Waals surface area contributed by atoms with Crippen molar-refractivity contribution in [2.75, 3.05) is 25.0 Å². The molecule has 10 heteroatoms. The number of hydrogen-bond acceptors (Lipinski definition) is 4. The van der Waals surface area contributed by atoms with Crippen molar-refractivity contribution < 1.29 is 0 Å². The van der Waals surface area contributed by atoms with Crippen LogP contribution in [-0.2, 0) is 5.04 Å². The van der Waals surface area contributed by atoms with Gasteiger partial charge in [-0.15, -0.1) is 0 Å². The van der Waals surface area contributed by atoms with Gasteiger partial charge in [0.25, 0.3) is 0 Å². The standard InChI is InChI=1S/C14H16SSi.C14H26.C13H24.C12H20Si.C12H22.C11H18Si.C9H14SSi.2C4H12SSi/c1-15-16(2,13-9-5-3-6-10-13)14-11-7-4-8-12-14;1-13(9-5-3-6-10-13)14(2)11-7-4-8-12-14;1-12(8-4-3-5-9-12)13(2)10-6-7-11-13;1-12(2,13(3,4)5)11-9-7-6-8-10-11;1-11(7-3-4-8-11)12(2)9-5-6-10-12;1-10(12(2,3)4)11-8-6-5-7-9-11;1-10-11(2,3)9-7-5-4-6-8-9;2*1-5-6(2,3)4/h3-12H,1-2H3;3-12H2,1-2H3;3-11H2,1-2H3;6-10H,1-5H3;3-10H2,1-2H3;5-10H,1-4H3;4-8H,1-3H3;2*1-4H3/t;;;;;10-;;;/m.....0.../s1. The molecule has 0 nitrogen and oxygen atoms in total. The molecule has 6 aliphatic carbocycles. The van der Waals surface area contributed by atoms with Crippen LogP contribution in [0.4, 0.5) is 0 Å². The first-order chi connectivity index (χ1) is 47.9. The van der Waals surface area contributed by atoms with Gasteiger partial charge >= 0.3 is 0 Å². The highest BCUT2D eigenvalue weighted by Gasteiger charge is 2.48. The van der Waals surface area contributed by atoms with E-state index in [1.165, 1.54) is 200 Å². The molecule has 584 valence electrons. The van der Waals surface area contributed by atoms with Gasteiger partial charge in [-0.2, -0.15) is 44.8 Å². The molecule has 0 aromatic heterocycles. The third kappa shape index (κ3) is 31.1. The molecule has 11 rings (SSSR count). The Bertz CT molecular complexity index is 2880. The fourth-order valence-corrected chi connectivity index (χ4v) is 25.7. The zero-order valence-corrected chi connectivity index (χ0v) is 82.0. The van der Waals surface area contributed by atoms with E-state index in [9.17, 15) is 0 Å². The highest BCUT2D eigenvalue weighted by atomic mass is 32.4. The second-order valence-electron chi connectivity index (χ2n) is 39.1. The van der Waals surface area contributed by atoms with E-state index in [2.05, 4.69) is 337 Å². The van der Waals surface area contributed by atoms with Crippen molar-refractivity contribution in [2.45, 2.75) is 344 Å². The number of rotatable bonds is 14. The van der Waals surface area contributed by atoms with E-state index in [0.717, 1.165) is 5.54 Å². The van der Waals surface area contributed by atoms with Crippen LogP contribution >= 0.6 is 44.8 Å². The molecular weight excluding hydrogens is 1410 g/mol. The van der Waals surface area contributed by atoms with E-state index in [1.807, 2.05) is 44.8 Å². The summed E-state index contributed by atoms with van der Waals surface area (Å²) in [6.07, 6.45) is 49.2. The van der Waals surface area contributed by atoms with Crippen LogP contribution < -0.4 is 15.6 Å². The minimum Gasteiger partial charge on any atom is -0.189 e. The van der Waals surface area contributed by atoms with Crippen molar-refractivity contribution in [1.29, 1.82) is 0 Å². The summed E-state index contributed by atoms with van der Waals surface area (Å²) in [7, 11) is -6.25. The van der Waals surface area contributed by atoms with Gasteiger partial charge < -0.3 is 0 Å². The number of hydrogen-bond donors (Lipinski definition) is 0. The van der Waals surface area contributed by atoms with E-state index in [0.29, 0.717) is 37.5 Å². The molecule has 6 fully saturated rings. The zero-order valence-electron chi connectivity index (χ0n) is 72.7. The van der Waals surface area contributed by atoms with Crippen LogP contribution in [0.5, 0.6) is 0 Å². The minimum absolute atomic E-state index is 0.369. The Labute approximate surface area is 664 Å². The molecule has 0 radical (unpaired) electrons. The summed E-state index contributed by atoms with van der Waals surface area (Å²) in [6.45, 7) is 58.3. The fraction of sp³-hybridized carbons (Fsp3) is 0.677. The molecule has 6 saturated carbocycles. The van der Waals surface area contributed by atoms with E-state index in [1.54, 1.807) is 0 Å². The maximum absolute atomic E-state index is 2.58. The van der Waals surface area contributed by atoms with E-state index < -0.39 is 45.0 Å². The van der Waals surface area contributed by atoms with Crippen LogP contribution in [0, 0.1) is 32.5 Å². The van der Waals surface area contributed by atoms with Crippen molar-refractivity contribution in [2.24, 2.45) is 32.5 Å². The Morgan fingerprint density at radius 1 is 0.291 bits per heavy atom. The molecule has 6 aliphatic rings. The monoisotopic (exact) mass is 1580 g/mol. The Kier molecular flexibility index (Phi) is 41.2. The average molecular weight is 1580 g/mol. The van der Waals surface area contributed by atoms with Crippen molar-refractivity contribution in [1.82, 2.24) is 0 Å². The van der Waals surface area contributed by atoms with Gasteiger partial charge in [0.1, 0.15) is 21.7 Å². The van der Waals surface area contributed by atoms with Crippen molar-refractivity contribution >= 4 is 105 Å². The summed E-state index contributed by atoms with van der Waals surface area (Å²) in [5.74, 6) is 0. The lowest BCUT2D eigenvalue weighted by atomic mass is 9.54. The highest BCUT2D eigenvalue weighted by Crippen LogP contribution is 2.60. The van der Waals surface area contributed by atoms with Crippen molar-refractivity contribution in [3.8, 4) is 0 Å². The van der Waals surface area contributed by atoms with E-state index in [-0.39, 0.29) is 0 Å².